The Morgan fingerprint density at radius 1 is 1.44 bits per heavy atom. The molecule has 88 valence electrons. The number of nitrogens with zero attached hydrogens (tertiary/aromatic N) is 1. The lowest BCUT2D eigenvalue weighted by molar-refractivity contribution is 0.0693. The van der Waals surface area contributed by atoms with Crippen LogP contribution in [-0.4, -0.2) is 43.7 Å². The van der Waals surface area contributed by atoms with Crippen LogP contribution in [0, 0.1) is 0 Å². The van der Waals surface area contributed by atoms with E-state index < -0.39 is 5.97 Å². The van der Waals surface area contributed by atoms with Crippen LogP contribution in [0.5, 0.6) is 5.75 Å². The summed E-state index contributed by atoms with van der Waals surface area (Å²) in [5, 5.41) is 9.01. The largest absolute Gasteiger partial charge is 0.496 e. The van der Waals surface area contributed by atoms with Gasteiger partial charge in [-0.05, 0) is 32.1 Å². The zero-order valence-corrected chi connectivity index (χ0v) is 9.86. The van der Waals surface area contributed by atoms with Crippen LogP contribution < -0.4 is 4.74 Å². The highest BCUT2D eigenvalue weighted by Crippen LogP contribution is 2.24. The maximum absolute atomic E-state index is 11.0. The van der Waals surface area contributed by atoms with E-state index in [1.165, 1.54) is 7.11 Å². The second kappa shape index (κ2) is 5.51. The van der Waals surface area contributed by atoms with Crippen LogP contribution in [0.1, 0.15) is 15.9 Å². The summed E-state index contributed by atoms with van der Waals surface area (Å²) in [6, 6.07) is 5.20. The SMILES string of the molecule is COc1c(CCN(C)C)cccc1C(=O)O. The number of methoxy groups -OCH3 is 1. The van der Waals surface area contributed by atoms with Crippen LogP contribution in [0.15, 0.2) is 18.2 Å². The lowest BCUT2D eigenvalue weighted by atomic mass is 10.1. The van der Waals surface area contributed by atoms with Crippen molar-refractivity contribution in [2.24, 2.45) is 0 Å². The Labute approximate surface area is 95.5 Å². The topological polar surface area (TPSA) is 49.8 Å². The van der Waals surface area contributed by atoms with Crippen molar-refractivity contribution in [1.82, 2.24) is 4.90 Å². The first-order valence-electron chi connectivity index (χ1n) is 5.10. The number of rotatable bonds is 5. The molecule has 0 aliphatic carbocycles. The number of carbonyl (C=O) groups is 1. The Morgan fingerprint density at radius 3 is 2.62 bits per heavy atom. The summed E-state index contributed by atoms with van der Waals surface area (Å²) >= 11 is 0. The molecule has 0 aliphatic rings. The molecule has 16 heavy (non-hydrogen) atoms. The summed E-state index contributed by atoms with van der Waals surface area (Å²) < 4.78 is 5.17. The van der Waals surface area contributed by atoms with Crippen molar-refractivity contribution < 1.29 is 14.6 Å². The molecule has 0 fully saturated rings. The molecule has 0 heterocycles. The number of likely N-dealkylation sites (N-methyl/N-ethyl adjacent to an activating group) is 1. The van der Waals surface area contributed by atoms with Crippen molar-refractivity contribution in [2.75, 3.05) is 27.7 Å². The molecule has 1 rings (SSSR count). The summed E-state index contributed by atoms with van der Waals surface area (Å²) in [6.07, 6.45) is 0.775. The minimum Gasteiger partial charge on any atom is -0.496 e. The molecule has 0 saturated heterocycles. The van der Waals surface area contributed by atoms with Gasteiger partial charge in [0.15, 0.2) is 0 Å². The highest BCUT2D eigenvalue weighted by Gasteiger charge is 2.14. The average Bonchev–Trinajstić information content (AvgIpc) is 2.25. The number of carboxylic acids is 1. The van der Waals surface area contributed by atoms with Gasteiger partial charge >= 0.3 is 5.97 Å². The van der Waals surface area contributed by atoms with Crippen molar-refractivity contribution in [3.8, 4) is 5.75 Å². The lowest BCUT2D eigenvalue weighted by Crippen LogP contribution is -2.16. The van der Waals surface area contributed by atoms with Crippen LogP contribution in [0.3, 0.4) is 0 Å². The smallest absolute Gasteiger partial charge is 0.339 e. The van der Waals surface area contributed by atoms with E-state index in [2.05, 4.69) is 0 Å². The van der Waals surface area contributed by atoms with Crippen LogP contribution >= 0.6 is 0 Å². The number of hydrogen-bond acceptors (Lipinski definition) is 3. The van der Waals surface area contributed by atoms with E-state index >= 15 is 0 Å². The predicted octanol–water partition coefficient (Wildman–Crippen LogP) is 1.50. The van der Waals surface area contributed by atoms with Gasteiger partial charge in [-0.25, -0.2) is 4.79 Å². The van der Waals surface area contributed by atoms with E-state index in [0.717, 1.165) is 18.5 Å². The fourth-order valence-corrected chi connectivity index (χ4v) is 1.54. The quantitative estimate of drug-likeness (QED) is 0.821. The molecule has 0 unspecified atom stereocenters. The summed E-state index contributed by atoms with van der Waals surface area (Å²) in [4.78, 5) is 13.0. The monoisotopic (exact) mass is 223 g/mol. The fraction of sp³-hybridized carbons (Fsp3) is 0.417. The standard InChI is InChI=1S/C12H17NO3/c1-13(2)8-7-9-5-4-6-10(12(14)15)11(9)16-3/h4-6H,7-8H2,1-3H3,(H,14,15). The van der Waals surface area contributed by atoms with Crippen molar-refractivity contribution in [3.63, 3.8) is 0 Å². The van der Waals surface area contributed by atoms with Gasteiger partial charge < -0.3 is 14.7 Å². The van der Waals surface area contributed by atoms with Gasteiger partial charge in [0.1, 0.15) is 11.3 Å². The van der Waals surface area contributed by atoms with Gasteiger partial charge in [-0.15, -0.1) is 0 Å². The van der Waals surface area contributed by atoms with E-state index in [1.54, 1.807) is 12.1 Å². The molecule has 1 N–H and O–H groups in total. The van der Waals surface area contributed by atoms with E-state index in [-0.39, 0.29) is 5.56 Å². The van der Waals surface area contributed by atoms with Gasteiger partial charge in [0.25, 0.3) is 0 Å². The molecule has 4 heteroatoms. The summed E-state index contributed by atoms with van der Waals surface area (Å²) in [5.74, 6) is -0.486. The Bertz CT molecular complexity index is 375. The van der Waals surface area contributed by atoms with E-state index in [9.17, 15) is 4.79 Å². The first-order chi connectivity index (χ1) is 7.56. The van der Waals surface area contributed by atoms with E-state index in [0.29, 0.717) is 5.75 Å². The summed E-state index contributed by atoms with van der Waals surface area (Å²) in [7, 11) is 5.46. The number of ether oxygens (including phenoxy) is 1. The second-order valence-electron chi connectivity index (χ2n) is 3.86. The second-order valence-corrected chi connectivity index (χ2v) is 3.86. The molecule has 0 bridgehead atoms. The zero-order chi connectivity index (χ0) is 12.1. The minimum atomic E-state index is -0.955. The average molecular weight is 223 g/mol. The van der Waals surface area contributed by atoms with Crippen molar-refractivity contribution in [2.45, 2.75) is 6.42 Å². The predicted molar refractivity (Wildman–Crippen MR) is 62.2 cm³/mol. The molecule has 0 aliphatic heterocycles. The summed E-state index contributed by atoms with van der Waals surface area (Å²) in [5.41, 5.74) is 1.15. The van der Waals surface area contributed by atoms with E-state index in [1.807, 2.05) is 25.1 Å². The third kappa shape index (κ3) is 2.97. The first-order valence-corrected chi connectivity index (χ1v) is 5.10. The normalized spacial score (nSPS) is 10.5. The fourth-order valence-electron chi connectivity index (χ4n) is 1.54. The van der Waals surface area contributed by atoms with E-state index in [4.69, 9.17) is 9.84 Å². The van der Waals surface area contributed by atoms with Crippen molar-refractivity contribution in [1.29, 1.82) is 0 Å². The molecule has 4 nitrogen and oxygen atoms in total. The number of benzene rings is 1. The third-order valence-corrected chi connectivity index (χ3v) is 2.36. The number of carboxylic acid groups (broad SMARTS) is 1. The van der Waals surface area contributed by atoms with Gasteiger partial charge in [-0.1, -0.05) is 12.1 Å². The minimum absolute atomic E-state index is 0.221. The third-order valence-electron chi connectivity index (χ3n) is 2.36. The van der Waals surface area contributed by atoms with Gasteiger partial charge in [0.2, 0.25) is 0 Å². The molecule has 0 atom stereocenters. The number of aromatic carboxylic acids is 1. The van der Waals surface area contributed by atoms with Gasteiger partial charge in [-0.2, -0.15) is 0 Å². The Morgan fingerprint density at radius 2 is 2.12 bits per heavy atom. The molecular weight excluding hydrogens is 206 g/mol. The molecule has 0 spiro atoms. The van der Waals surface area contributed by atoms with Crippen LogP contribution in [0.4, 0.5) is 0 Å². The lowest BCUT2D eigenvalue weighted by Gasteiger charge is -2.13. The molecule has 1 aromatic rings. The van der Waals surface area contributed by atoms with Gasteiger partial charge in [0, 0.05) is 6.54 Å². The number of para-hydroxylation sites is 1. The molecular formula is C12H17NO3. The highest BCUT2D eigenvalue weighted by molar-refractivity contribution is 5.91. The summed E-state index contributed by atoms with van der Waals surface area (Å²) in [6.45, 7) is 0.861. The first kappa shape index (κ1) is 12.5. The zero-order valence-electron chi connectivity index (χ0n) is 9.86. The maximum atomic E-state index is 11.0. The molecule has 0 aromatic heterocycles. The van der Waals surface area contributed by atoms with Crippen molar-refractivity contribution in [3.05, 3.63) is 29.3 Å². The Kier molecular flexibility index (Phi) is 4.31. The highest BCUT2D eigenvalue weighted by atomic mass is 16.5. The number of hydrogen-bond donors (Lipinski definition) is 1. The van der Waals surface area contributed by atoms with Gasteiger partial charge in [0.05, 0.1) is 7.11 Å². The van der Waals surface area contributed by atoms with Crippen LogP contribution in [0.25, 0.3) is 0 Å². The molecule has 0 saturated carbocycles. The Balaban J connectivity index is 2.99. The molecule has 0 amide bonds. The molecule has 1 aromatic carbocycles. The Hall–Kier alpha value is -1.55. The maximum Gasteiger partial charge on any atom is 0.339 e. The van der Waals surface area contributed by atoms with Crippen LogP contribution in [0.2, 0.25) is 0 Å². The molecule has 0 radical (unpaired) electrons. The van der Waals surface area contributed by atoms with Crippen molar-refractivity contribution >= 4 is 5.97 Å². The van der Waals surface area contributed by atoms with Gasteiger partial charge in [-0.3, -0.25) is 0 Å². The van der Waals surface area contributed by atoms with Crippen LogP contribution in [-0.2, 0) is 6.42 Å².